The van der Waals surface area contributed by atoms with Crippen LogP contribution in [0, 0.1) is 11.3 Å². The largest absolute Gasteiger partial charge is 0.384 e. The Bertz CT molecular complexity index is 459. The molecular weight excluding hydrogens is 302 g/mol. The van der Waals surface area contributed by atoms with Crippen LogP contribution < -0.4 is 10.6 Å². The minimum absolute atomic E-state index is 0.111. The van der Waals surface area contributed by atoms with Crippen molar-refractivity contribution in [3.63, 3.8) is 0 Å². The van der Waals surface area contributed by atoms with Crippen molar-refractivity contribution in [1.29, 1.82) is 5.41 Å². The molecule has 0 spiro atoms. The summed E-state index contributed by atoms with van der Waals surface area (Å²) in [5.74, 6) is 0.991. The number of nitrogen functional groups attached to an aromatic ring is 1. The highest BCUT2D eigenvalue weighted by Crippen LogP contribution is 2.28. The smallest absolute Gasteiger partial charge is 0.123 e. The summed E-state index contributed by atoms with van der Waals surface area (Å²) >= 11 is 3.51. The highest BCUT2D eigenvalue weighted by molar-refractivity contribution is 9.10. The first kappa shape index (κ1) is 14.4. The van der Waals surface area contributed by atoms with Crippen LogP contribution in [0.15, 0.2) is 22.7 Å². The highest BCUT2D eigenvalue weighted by Gasteiger charge is 2.16. The van der Waals surface area contributed by atoms with Crippen LogP contribution in [0.1, 0.15) is 38.2 Å². The molecule has 1 atom stereocenters. The van der Waals surface area contributed by atoms with Gasteiger partial charge in [-0.25, -0.2) is 0 Å². The molecule has 0 saturated carbocycles. The molecule has 0 aliphatic carbocycles. The lowest BCUT2D eigenvalue weighted by Gasteiger charge is -2.23. The first-order valence-corrected chi connectivity index (χ1v) is 7.80. The maximum Gasteiger partial charge on any atom is 0.123 e. The number of nitrogens with two attached hydrogens (primary N) is 1. The first-order chi connectivity index (χ1) is 9.11. The zero-order valence-electron chi connectivity index (χ0n) is 11.5. The Kier molecular flexibility index (Phi) is 4.86. The van der Waals surface area contributed by atoms with Gasteiger partial charge in [-0.1, -0.05) is 13.3 Å². The molecule has 0 bridgehead atoms. The van der Waals surface area contributed by atoms with E-state index in [9.17, 15) is 0 Å². The van der Waals surface area contributed by atoms with Crippen LogP contribution in [-0.4, -0.2) is 18.9 Å². The van der Waals surface area contributed by atoms with Gasteiger partial charge in [-0.2, -0.15) is 0 Å². The van der Waals surface area contributed by atoms with E-state index in [1.165, 1.54) is 31.4 Å². The summed E-state index contributed by atoms with van der Waals surface area (Å²) in [5.41, 5.74) is 7.54. The molecule has 1 heterocycles. The van der Waals surface area contributed by atoms with Gasteiger partial charge in [0.25, 0.3) is 0 Å². The second kappa shape index (κ2) is 6.42. The van der Waals surface area contributed by atoms with Gasteiger partial charge < -0.3 is 10.6 Å². The number of nitrogens with zero attached hydrogens (tertiary/aromatic N) is 1. The number of anilines is 1. The number of rotatable bonds is 3. The van der Waals surface area contributed by atoms with Crippen LogP contribution in [0.3, 0.4) is 0 Å². The molecule has 2 rings (SSSR count). The average molecular weight is 324 g/mol. The quantitative estimate of drug-likeness (QED) is 0.657. The van der Waals surface area contributed by atoms with Gasteiger partial charge in [0.15, 0.2) is 0 Å². The van der Waals surface area contributed by atoms with Crippen LogP contribution in [0.5, 0.6) is 0 Å². The highest BCUT2D eigenvalue weighted by atomic mass is 79.9. The van der Waals surface area contributed by atoms with Crippen molar-refractivity contribution in [2.45, 2.75) is 32.6 Å². The van der Waals surface area contributed by atoms with Crippen LogP contribution in [0.25, 0.3) is 0 Å². The van der Waals surface area contributed by atoms with E-state index < -0.39 is 0 Å². The SMILES string of the molecule is CCC1CCCN(c2ccc(C(=N)N)c(Br)c2)CC1. The molecule has 1 aliphatic heterocycles. The van der Waals surface area contributed by atoms with Gasteiger partial charge >= 0.3 is 0 Å². The Balaban J connectivity index is 2.13. The molecular formula is C15H22BrN3. The lowest BCUT2D eigenvalue weighted by atomic mass is 9.98. The molecule has 19 heavy (non-hydrogen) atoms. The minimum Gasteiger partial charge on any atom is -0.384 e. The summed E-state index contributed by atoms with van der Waals surface area (Å²) in [5, 5.41) is 7.51. The first-order valence-electron chi connectivity index (χ1n) is 7.00. The molecule has 1 aliphatic rings. The molecule has 1 aromatic rings. The van der Waals surface area contributed by atoms with Crippen LogP contribution in [0.4, 0.5) is 5.69 Å². The van der Waals surface area contributed by atoms with Crippen molar-refractivity contribution in [3.8, 4) is 0 Å². The third kappa shape index (κ3) is 3.50. The average Bonchev–Trinajstić information content (AvgIpc) is 2.63. The molecule has 1 saturated heterocycles. The van der Waals surface area contributed by atoms with Gasteiger partial charge in [0, 0.05) is 28.8 Å². The normalized spacial score (nSPS) is 20.1. The molecule has 0 amide bonds. The van der Waals surface area contributed by atoms with E-state index in [0.717, 1.165) is 29.0 Å². The Morgan fingerprint density at radius 2 is 2.21 bits per heavy atom. The molecule has 1 unspecified atom stereocenters. The van der Waals surface area contributed by atoms with Crippen molar-refractivity contribution in [2.24, 2.45) is 11.7 Å². The van der Waals surface area contributed by atoms with E-state index in [2.05, 4.69) is 39.9 Å². The Hall–Kier alpha value is -1.03. The van der Waals surface area contributed by atoms with Gasteiger partial charge in [-0.05, 0) is 59.3 Å². The standard InChI is InChI=1S/C15H22BrN3/c1-2-11-4-3-8-19(9-7-11)12-5-6-13(15(17)18)14(16)10-12/h5-6,10-11H,2-4,7-9H2,1H3,(H3,17,18). The van der Waals surface area contributed by atoms with Gasteiger partial charge in [0.05, 0.1) is 0 Å². The zero-order valence-corrected chi connectivity index (χ0v) is 13.0. The predicted molar refractivity (Wildman–Crippen MR) is 85.0 cm³/mol. The van der Waals surface area contributed by atoms with E-state index in [4.69, 9.17) is 11.1 Å². The lowest BCUT2D eigenvalue weighted by molar-refractivity contribution is 0.459. The summed E-state index contributed by atoms with van der Waals surface area (Å²) in [4.78, 5) is 2.45. The molecule has 3 N–H and O–H groups in total. The zero-order chi connectivity index (χ0) is 13.8. The number of benzene rings is 1. The van der Waals surface area contributed by atoms with E-state index in [-0.39, 0.29) is 5.84 Å². The lowest BCUT2D eigenvalue weighted by Crippen LogP contribution is -2.24. The van der Waals surface area contributed by atoms with Crippen LogP contribution in [-0.2, 0) is 0 Å². The maximum atomic E-state index is 7.51. The van der Waals surface area contributed by atoms with Crippen molar-refractivity contribution >= 4 is 27.5 Å². The number of hydrogen-bond donors (Lipinski definition) is 2. The second-order valence-electron chi connectivity index (χ2n) is 5.27. The van der Waals surface area contributed by atoms with Crippen molar-refractivity contribution in [1.82, 2.24) is 0 Å². The summed E-state index contributed by atoms with van der Waals surface area (Å²) in [7, 11) is 0. The minimum atomic E-state index is 0.111. The van der Waals surface area contributed by atoms with E-state index in [1.807, 2.05) is 6.07 Å². The fourth-order valence-corrected chi connectivity index (χ4v) is 3.33. The molecule has 0 radical (unpaired) electrons. The monoisotopic (exact) mass is 323 g/mol. The molecule has 4 heteroatoms. The number of amidine groups is 1. The van der Waals surface area contributed by atoms with E-state index in [1.54, 1.807) is 0 Å². The fourth-order valence-electron chi connectivity index (χ4n) is 2.75. The molecule has 0 aromatic heterocycles. The topological polar surface area (TPSA) is 53.1 Å². The van der Waals surface area contributed by atoms with E-state index in [0.29, 0.717) is 0 Å². The van der Waals surface area contributed by atoms with E-state index >= 15 is 0 Å². The van der Waals surface area contributed by atoms with Crippen molar-refractivity contribution < 1.29 is 0 Å². The van der Waals surface area contributed by atoms with Gasteiger partial charge in [0.1, 0.15) is 5.84 Å². The van der Waals surface area contributed by atoms with Gasteiger partial charge in [0.2, 0.25) is 0 Å². The predicted octanol–water partition coefficient (Wildman–Crippen LogP) is 3.75. The Labute approximate surface area is 123 Å². The Morgan fingerprint density at radius 3 is 2.84 bits per heavy atom. The molecule has 1 aromatic carbocycles. The third-order valence-electron chi connectivity index (χ3n) is 4.03. The molecule has 3 nitrogen and oxygen atoms in total. The van der Waals surface area contributed by atoms with Crippen molar-refractivity contribution in [3.05, 3.63) is 28.2 Å². The third-order valence-corrected chi connectivity index (χ3v) is 4.69. The number of halogens is 1. The fraction of sp³-hybridized carbons (Fsp3) is 0.533. The Morgan fingerprint density at radius 1 is 1.42 bits per heavy atom. The molecule has 104 valence electrons. The number of nitrogens with one attached hydrogen (secondary N) is 1. The number of hydrogen-bond acceptors (Lipinski definition) is 2. The maximum absolute atomic E-state index is 7.51. The summed E-state index contributed by atoms with van der Waals surface area (Å²) in [6, 6.07) is 6.10. The summed E-state index contributed by atoms with van der Waals surface area (Å²) in [6.45, 7) is 4.55. The second-order valence-corrected chi connectivity index (χ2v) is 6.12. The summed E-state index contributed by atoms with van der Waals surface area (Å²) in [6.07, 6.45) is 5.19. The summed E-state index contributed by atoms with van der Waals surface area (Å²) < 4.78 is 0.911. The molecule has 1 fully saturated rings. The van der Waals surface area contributed by atoms with Gasteiger partial charge in [-0.15, -0.1) is 0 Å². The van der Waals surface area contributed by atoms with Crippen LogP contribution >= 0.6 is 15.9 Å². The van der Waals surface area contributed by atoms with Crippen molar-refractivity contribution in [2.75, 3.05) is 18.0 Å². The van der Waals surface area contributed by atoms with Gasteiger partial charge in [-0.3, -0.25) is 5.41 Å². The van der Waals surface area contributed by atoms with Crippen LogP contribution in [0.2, 0.25) is 0 Å².